The van der Waals surface area contributed by atoms with E-state index in [2.05, 4.69) is 14.9 Å². The van der Waals surface area contributed by atoms with Crippen LogP contribution in [-0.2, 0) is 9.53 Å². The van der Waals surface area contributed by atoms with Crippen LogP contribution in [-0.4, -0.2) is 60.7 Å². The van der Waals surface area contributed by atoms with E-state index >= 15 is 0 Å². The van der Waals surface area contributed by atoms with Crippen molar-refractivity contribution in [1.82, 2.24) is 14.9 Å². The van der Waals surface area contributed by atoms with E-state index in [9.17, 15) is 4.79 Å². The summed E-state index contributed by atoms with van der Waals surface area (Å²) in [6.07, 6.45) is 6.24. The van der Waals surface area contributed by atoms with Gasteiger partial charge in [-0.1, -0.05) is 0 Å². The van der Waals surface area contributed by atoms with Crippen LogP contribution >= 0.6 is 0 Å². The molecule has 21 heavy (non-hydrogen) atoms. The first-order chi connectivity index (χ1) is 10.1. The van der Waals surface area contributed by atoms with Crippen molar-refractivity contribution < 1.29 is 9.53 Å². The first-order valence-corrected chi connectivity index (χ1v) is 7.44. The number of carbonyl (C=O) groups excluding carboxylic acids is 1. The zero-order valence-electron chi connectivity index (χ0n) is 12.7. The average molecular weight is 290 g/mol. The van der Waals surface area contributed by atoms with Gasteiger partial charge in [0.2, 0.25) is 5.95 Å². The lowest BCUT2D eigenvalue weighted by molar-refractivity contribution is -0.138. The fourth-order valence-corrected chi connectivity index (χ4v) is 3.35. The Bertz CT molecular complexity index is 508. The van der Waals surface area contributed by atoms with Crippen LogP contribution in [0.25, 0.3) is 0 Å². The van der Waals surface area contributed by atoms with Crippen LogP contribution in [0.4, 0.5) is 5.95 Å². The van der Waals surface area contributed by atoms with Gasteiger partial charge in [0.25, 0.3) is 5.91 Å². The van der Waals surface area contributed by atoms with E-state index in [4.69, 9.17) is 4.74 Å². The number of rotatable bonds is 2. The van der Waals surface area contributed by atoms with Crippen molar-refractivity contribution in [2.75, 3.05) is 38.7 Å². The third kappa shape index (κ3) is 2.85. The third-order valence-electron chi connectivity index (χ3n) is 4.42. The van der Waals surface area contributed by atoms with Crippen LogP contribution in [0.5, 0.6) is 0 Å². The molecule has 0 unspecified atom stereocenters. The molecule has 6 heteroatoms. The Morgan fingerprint density at radius 3 is 2.90 bits per heavy atom. The molecule has 3 rings (SSSR count). The molecule has 6 nitrogen and oxygen atoms in total. The molecule has 2 saturated heterocycles. The summed E-state index contributed by atoms with van der Waals surface area (Å²) >= 11 is 0. The van der Waals surface area contributed by atoms with E-state index in [0.717, 1.165) is 38.3 Å². The summed E-state index contributed by atoms with van der Waals surface area (Å²) in [4.78, 5) is 24.6. The van der Waals surface area contributed by atoms with Gasteiger partial charge in [0, 0.05) is 45.0 Å². The molecule has 3 heterocycles. The quantitative estimate of drug-likeness (QED) is 0.811. The summed E-state index contributed by atoms with van der Waals surface area (Å²) in [7, 11) is 3.56. The summed E-state index contributed by atoms with van der Waals surface area (Å²) in [5.74, 6) is 0.846. The zero-order chi connectivity index (χ0) is 14.9. The lowest BCUT2D eigenvalue weighted by atomic mass is 9.78. The molecule has 0 aromatic carbocycles. The standard InChI is InChI=1S/C15H22N4O2/c1-18(2)13(20)12-9-15(11-21-12)5-3-8-19(10-15)14-16-6-4-7-17-14/h4,6-7,12H,3,5,8-11H2,1-2H3/t12-,15-/m1/s1. The highest BCUT2D eigenvalue weighted by Gasteiger charge is 2.46. The molecule has 1 aromatic heterocycles. The van der Waals surface area contributed by atoms with Gasteiger partial charge >= 0.3 is 0 Å². The van der Waals surface area contributed by atoms with Crippen molar-refractivity contribution in [2.24, 2.45) is 5.41 Å². The Morgan fingerprint density at radius 2 is 2.19 bits per heavy atom. The number of anilines is 1. The topological polar surface area (TPSA) is 58.6 Å². The summed E-state index contributed by atoms with van der Waals surface area (Å²) in [6.45, 7) is 2.49. The minimum atomic E-state index is -0.295. The lowest BCUT2D eigenvalue weighted by Gasteiger charge is -2.39. The molecule has 0 bridgehead atoms. The molecule has 1 aromatic rings. The maximum absolute atomic E-state index is 12.1. The normalized spacial score (nSPS) is 28.9. The molecule has 0 saturated carbocycles. The van der Waals surface area contributed by atoms with Gasteiger partial charge in [-0.3, -0.25) is 4.79 Å². The number of likely N-dealkylation sites (N-methyl/N-ethyl adjacent to an activating group) is 1. The first kappa shape index (κ1) is 14.3. The summed E-state index contributed by atoms with van der Waals surface area (Å²) in [6, 6.07) is 1.83. The molecule has 2 atom stereocenters. The van der Waals surface area contributed by atoms with Gasteiger partial charge in [-0.15, -0.1) is 0 Å². The van der Waals surface area contributed by atoms with E-state index in [1.54, 1.807) is 31.4 Å². The molecule has 2 fully saturated rings. The fourth-order valence-electron chi connectivity index (χ4n) is 3.35. The first-order valence-electron chi connectivity index (χ1n) is 7.44. The van der Waals surface area contributed by atoms with Gasteiger partial charge in [0.15, 0.2) is 0 Å². The lowest BCUT2D eigenvalue weighted by Crippen LogP contribution is -2.45. The molecular formula is C15H22N4O2. The predicted octanol–water partition coefficient (Wildman–Crippen LogP) is 0.940. The number of hydrogen-bond acceptors (Lipinski definition) is 5. The van der Waals surface area contributed by atoms with E-state index in [0.29, 0.717) is 6.61 Å². The average Bonchev–Trinajstić information content (AvgIpc) is 2.90. The summed E-state index contributed by atoms with van der Waals surface area (Å²) < 4.78 is 5.79. The molecule has 0 radical (unpaired) electrons. The van der Waals surface area contributed by atoms with Crippen LogP contribution < -0.4 is 4.90 Å². The minimum absolute atomic E-state index is 0.0633. The molecule has 2 aliphatic heterocycles. The minimum Gasteiger partial charge on any atom is -0.368 e. The number of ether oxygens (including phenoxy) is 1. The van der Waals surface area contributed by atoms with Gasteiger partial charge in [0.1, 0.15) is 6.10 Å². The third-order valence-corrected chi connectivity index (χ3v) is 4.42. The Hall–Kier alpha value is -1.69. The number of amides is 1. The highest BCUT2D eigenvalue weighted by molar-refractivity contribution is 5.80. The summed E-state index contributed by atoms with van der Waals surface area (Å²) in [5.41, 5.74) is 0.0633. The predicted molar refractivity (Wildman–Crippen MR) is 79.0 cm³/mol. The maximum atomic E-state index is 12.1. The van der Waals surface area contributed by atoms with E-state index < -0.39 is 0 Å². The molecule has 1 spiro atoms. The number of hydrogen-bond donors (Lipinski definition) is 0. The Kier molecular flexibility index (Phi) is 3.80. The van der Waals surface area contributed by atoms with E-state index in [1.807, 2.05) is 6.07 Å². The van der Waals surface area contributed by atoms with Gasteiger partial charge in [0.05, 0.1) is 6.61 Å². The molecule has 0 aliphatic carbocycles. The number of piperidine rings is 1. The van der Waals surface area contributed by atoms with Crippen molar-refractivity contribution >= 4 is 11.9 Å². The van der Waals surface area contributed by atoms with Crippen molar-refractivity contribution in [3.8, 4) is 0 Å². The molecular weight excluding hydrogens is 268 g/mol. The van der Waals surface area contributed by atoms with Crippen molar-refractivity contribution in [3.05, 3.63) is 18.5 Å². The second-order valence-corrected chi connectivity index (χ2v) is 6.31. The monoisotopic (exact) mass is 290 g/mol. The molecule has 1 amide bonds. The van der Waals surface area contributed by atoms with Crippen molar-refractivity contribution in [1.29, 1.82) is 0 Å². The highest BCUT2D eigenvalue weighted by Crippen LogP contribution is 2.41. The second kappa shape index (κ2) is 5.60. The van der Waals surface area contributed by atoms with Crippen LogP contribution in [0, 0.1) is 5.41 Å². The largest absolute Gasteiger partial charge is 0.368 e. The SMILES string of the molecule is CN(C)C(=O)[C@H]1C[C@@]2(CCCN(c3ncccn3)C2)CO1. The van der Waals surface area contributed by atoms with Crippen molar-refractivity contribution in [2.45, 2.75) is 25.4 Å². The van der Waals surface area contributed by atoms with Crippen LogP contribution in [0.15, 0.2) is 18.5 Å². The number of carbonyl (C=O) groups is 1. The molecule has 2 aliphatic rings. The number of nitrogens with zero attached hydrogens (tertiary/aromatic N) is 4. The molecule has 114 valence electrons. The Balaban J connectivity index is 1.70. The van der Waals surface area contributed by atoms with Crippen LogP contribution in [0.1, 0.15) is 19.3 Å². The Labute approximate surface area is 125 Å². The van der Waals surface area contributed by atoms with Crippen LogP contribution in [0.3, 0.4) is 0 Å². The zero-order valence-corrected chi connectivity index (χ0v) is 12.7. The van der Waals surface area contributed by atoms with Crippen molar-refractivity contribution in [3.63, 3.8) is 0 Å². The maximum Gasteiger partial charge on any atom is 0.251 e. The number of aromatic nitrogens is 2. The van der Waals surface area contributed by atoms with Gasteiger partial charge < -0.3 is 14.5 Å². The highest BCUT2D eigenvalue weighted by atomic mass is 16.5. The van der Waals surface area contributed by atoms with E-state index in [1.165, 1.54) is 0 Å². The second-order valence-electron chi connectivity index (χ2n) is 6.31. The van der Waals surface area contributed by atoms with Gasteiger partial charge in [-0.2, -0.15) is 0 Å². The van der Waals surface area contributed by atoms with Crippen LogP contribution in [0.2, 0.25) is 0 Å². The van der Waals surface area contributed by atoms with E-state index in [-0.39, 0.29) is 17.4 Å². The van der Waals surface area contributed by atoms with Gasteiger partial charge in [-0.25, -0.2) is 9.97 Å². The smallest absolute Gasteiger partial charge is 0.251 e. The van der Waals surface area contributed by atoms with Gasteiger partial charge in [-0.05, 0) is 25.3 Å². The fraction of sp³-hybridized carbons (Fsp3) is 0.667. The Morgan fingerprint density at radius 1 is 1.43 bits per heavy atom. The summed E-state index contributed by atoms with van der Waals surface area (Å²) in [5, 5.41) is 0. The molecule has 0 N–H and O–H groups in total.